The largest absolute Gasteiger partial charge is 0.381 e. The van der Waals surface area contributed by atoms with E-state index in [1.165, 1.54) is 0 Å². The van der Waals surface area contributed by atoms with Gasteiger partial charge in [-0.15, -0.1) is 0 Å². The van der Waals surface area contributed by atoms with Crippen molar-refractivity contribution in [1.82, 2.24) is 5.32 Å². The molecule has 0 rings (SSSR count). The molecular formula is C13H29NO2. The second kappa shape index (κ2) is 8.04. The molecule has 0 aliphatic carbocycles. The van der Waals surface area contributed by atoms with Crippen LogP contribution in [0.25, 0.3) is 0 Å². The van der Waals surface area contributed by atoms with E-state index in [9.17, 15) is 0 Å². The van der Waals surface area contributed by atoms with Crippen molar-refractivity contribution in [3.05, 3.63) is 0 Å². The first-order chi connectivity index (χ1) is 7.37. The van der Waals surface area contributed by atoms with Gasteiger partial charge in [-0.1, -0.05) is 20.8 Å². The Morgan fingerprint density at radius 2 is 1.81 bits per heavy atom. The van der Waals surface area contributed by atoms with Crippen LogP contribution >= 0.6 is 0 Å². The molecule has 1 atom stereocenters. The highest BCUT2D eigenvalue weighted by atomic mass is 16.5. The van der Waals surface area contributed by atoms with Crippen LogP contribution in [0.4, 0.5) is 0 Å². The van der Waals surface area contributed by atoms with Crippen molar-refractivity contribution in [2.75, 3.05) is 26.9 Å². The molecule has 0 spiro atoms. The highest BCUT2D eigenvalue weighted by Crippen LogP contribution is 2.12. The zero-order chi connectivity index (χ0) is 12.6. The maximum atomic E-state index is 5.65. The average molecular weight is 231 g/mol. The van der Waals surface area contributed by atoms with E-state index in [1.807, 2.05) is 0 Å². The molecule has 0 saturated heterocycles. The second-order valence-corrected chi connectivity index (χ2v) is 5.46. The molecule has 0 radical (unpaired) electrons. The van der Waals surface area contributed by atoms with Crippen molar-refractivity contribution >= 4 is 0 Å². The second-order valence-electron chi connectivity index (χ2n) is 5.46. The predicted octanol–water partition coefficient (Wildman–Crippen LogP) is 2.45. The monoisotopic (exact) mass is 231 g/mol. The maximum Gasteiger partial charge on any atom is 0.0644 e. The first kappa shape index (κ1) is 15.9. The van der Waals surface area contributed by atoms with Gasteiger partial charge in [0.1, 0.15) is 0 Å². The van der Waals surface area contributed by atoms with Crippen LogP contribution in [0.15, 0.2) is 0 Å². The van der Waals surface area contributed by atoms with Gasteiger partial charge in [0.15, 0.2) is 0 Å². The van der Waals surface area contributed by atoms with Gasteiger partial charge in [0.25, 0.3) is 0 Å². The van der Waals surface area contributed by atoms with Gasteiger partial charge < -0.3 is 14.8 Å². The summed E-state index contributed by atoms with van der Waals surface area (Å²) in [4.78, 5) is 0. The molecule has 1 unspecified atom stereocenters. The van der Waals surface area contributed by atoms with Crippen LogP contribution in [0.1, 0.15) is 41.0 Å². The highest BCUT2D eigenvalue weighted by molar-refractivity contribution is 4.67. The van der Waals surface area contributed by atoms with Gasteiger partial charge in [0.2, 0.25) is 0 Å². The van der Waals surface area contributed by atoms with E-state index >= 15 is 0 Å². The Balaban J connectivity index is 3.44. The van der Waals surface area contributed by atoms with Crippen LogP contribution in [0, 0.1) is 5.92 Å². The maximum absolute atomic E-state index is 5.65. The van der Waals surface area contributed by atoms with E-state index < -0.39 is 0 Å². The Hall–Kier alpha value is -0.120. The van der Waals surface area contributed by atoms with Gasteiger partial charge in [0.05, 0.1) is 12.2 Å². The molecule has 3 heteroatoms. The molecule has 16 heavy (non-hydrogen) atoms. The number of hydrogen-bond acceptors (Lipinski definition) is 3. The van der Waals surface area contributed by atoms with Crippen molar-refractivity contribution in [3.63, 3.8) is 0 Å². The normalized spacial score (nSPS) is 14.4. The van der Waals surface area contributed by atoms with Crippen LogP contribution in [0.2, 0.25) is 0 Å². The van der Waals surface area contributed by atoms with Crippen LogP contribution in [-0.2, 0) is 9.47 Å². The smallest absolute Gasteiger partial charge is 0.0644 e. The number of rotatable bonds is 9. The fourth-order valence-corrected chi connectivity index (χ4v) is 1.20. The molecule has 0 fully saturated rings. The van der Waals surface area contributed by atoms with E-state index in [4.69, 9.17) is 9.47 Å². The average Bonchev–Trinajstić information content (AvgIpc) is 2.21. The van der Waals surface area contributed by atoms with Gasteiger partial charge in [-0.05, 0) is 26.2 Å². The van der Waals surface area contributed by atoms with E-state index in [1.54, 1.807) is 7.11 Å². The van der Waals surface area contributed by atoms with E-state index in [2.05, 4.69) is 39.9 Å². The zero-order valence-corrected chi connectivity index (χ0v) is 11.8. The Morgan fingerprint density at radius 3 is 2.31 bits per heavy atom. The summed E-state index contributed by atoms with van der Waals surface area (Å²) in [6.07, 6.45) is 0.938. The third-order valence-electron chi connectivity index (χ3n) is 2.68. The summed E-state index contributed by atoms with van der Waals surface area (Å²) in [6, 6.07) is 0.551. The molecule has 0 aromatic heterocycles. The lowest BCUT2D eigenvalue weighted by Crippen LogP contribution is -2.30. The minimum atomic E-state index is -0.0700. The van der Waals surface area contributed by atoms with Crippen molar-refractivity contribution in [1.29, 1.82) is 0 Å². The highest BCUT2D eigenvalue weighted by Gasteiger charge is 2.15. The third-order valence-corrected chi connectivity index (χ3v) is 2.68. The van der Waals surface area contributed by atoms with Gasteiger partial charge >= 0.3 is 0 Å². The summed E-state index contributed by atoms with van der Waals surface area (Å²) < 4.78 is 11.0. The first-order valence-electron chi connectivity index (χ1n) is 6.23. The SMILES string of the molecule is COC(C)(C)CCOCC(C)CNC(C)C. The van der Waals surface area contributed by atoms with Gasteiger partial charge in [-0.3, -0.25) is 0 Å². The van der Waals surface area contributed by atoms with Crippen molar-refractivity contribution in [2.45, 2.75) is 52.7 Å². The molecule has 98 valence electrons. The molecule has 0 aliphatic rings. The molecule has 0 aromatic carbocycles. The molecule has 0 amide bonds. The topological polar surface area (TPSA) is 30.5 Å². The summed E-state index contributed by atoms with van der Waals surface area (Å²) in [5.74, 6) is 0.563. The molecule has 1 N–H and O–H groups in total. The van der Waals surface area contributed by atoms with Crippen LogP contribution in [0.3, 0.4) is 0 Å². The standard InChI is InChI=1S/C13H29NO2/c1-11(2)14-9-12(3)10-16-8-7-13(4,5)15-6/h11-12,14H,7-10H2,1-6H3. The predicted molar refractivity (Wildman–Crippen MR) is 68.8 cm³/mol. The molecule has 3 nitrogen and oxygen atoms in total. The fourth-order valence-electron chi connectivity index (χ4n) is 1.20. The Labute approximate surface area is 101 Å². The lowest BCUT2D eigenvalue weighted by molar-refractivity contribution is -0.0135. The number of methoxy groups -OCH3 is 1. The molecule has 0 aliphatic heterocycles. The molecular weight excluding hydrogens is 202 g/mol. The van der Waals surface area contributed by atoms with Crippen molar-refractivity contribution < 1.29 is 9.47 Å². The zero-order valence-electron chi connectivity index (χ0n) is 11.8. The van der Waals surface area contributed by atoms with Crippen molar-refractivity contribution in [3.8, 4) is 0 Å². The lowest BCUT2D eigenvalue weighted by Gasteiger charge is -2.23. The first-order valence-corrected chi connectivity index (χ1v) is 6.23. The number of hydrogen-bond donors (Lipinski definition) is 1. The van der Waals surface area contributed by atoms with Gasteiger partial charge in [-0.25, -0.2) is 0 Å². The van der Waals surface area contributed by atoms with Gasteiger partial charge in [0, 0.05) is 26.3 Å². The molecule has 0 bridgehead atoms. The van der Waals surface area contributed by atoms with E-state index in [0.717, 1.165) is 26.2 Å². The van der Waals surface area contributed by atoms with E-state index in [-0.39, 0.29) is 5.60 Å². The quantitative estimate of drug-likeness (QED) is 0.618. The summed E-state index contributed by atoms with van der Waals surface area (Å²) >= 11 is 0. The third kappa shape index (κ3) is 9.13. The summed E-state index contributed by atoms with van der Waals surface area (Å²) in [5, 5.41) is 3.41. The summed E-state index contributed by atoms with van der Waals surface area (Å²) in [5.41, 5.74) is -0.0700. The summed E-state index contributed by atoms with van der Waals surface area (Å²) in [7, 11) is 1.75. The number of nitrogens with one attached hydrogen (secondary N) is 1. The Kier molecular flexibility index (Phi) is 7.98. The van der Waals surface area contributed by atoms with Crippen LogP contribution in [0.5, 0.6) is 0 Å². The summed E-state index contributed by atoms with van der Waals surface area (Å²) in [6.45, 7) is 13.3. The van der Waals surface area contributed by atoms with Crippen molar-refractivity contribution in [2.24, 2.45) is 5.92 Å². The fraction of sp³-hybridized carbons (Fsp3) is 1.00. The van der Waals surface area contributed by atoms with E-state index in [0.29, 0.717) is 12.0 Å². The minimum Gasteiger partial charge on any atom is -0.381 e. The molecule has 0 heterocycles. The van der Waals surface area contributed by atoms with Crippen LogP contribution < -0.4 is 5.32 Å². The molecule has 0 aromatic rings. The lowest BCUT2D eigenvalue weighted by atomic mass is 10.1. The minimum absolute atomic E-state index is 0.0700. The Bertz CT molecular complexity index is 169. The van der Waals surface area contributed by atoms with Gasteiger partial charge in [-0.2, -0.15) is 0 Å². The molecule has 0 saturated carbocycles. The Morgan fingerprint density at radius 1 is 1.19 bits per heavy atom. The van der Waals surface area contributed by atoms with Crippen LogP contribution in [-0.4, -0.2) is 38.5 Å². The number of ether oxygens (including phenoxy) is 2.